The average Bonchev–Trinajstić information content (AvgIpc) is 3.16. The molecule has 3 nitrogen and oxygen atoms in total. The number of aliphatic hydroxyl groups is 1. The van der Waals surface area contributed by atoms with Gasteiger partial charge in [0.15, 0.2) is 0 Å². The quantitative estimate of drug-likeness (QED) is 0.849. The number of hydrogen-bond acceptors (Lipinski definition) is 2. The predicted molar refractivity (Wildman–Crippen MR) is 76.5 cm³/mol. The van der Waals surface area contributed by atoms with Crippen LogP contribution in [0.3, 0.4) is 0 Å². The number of amides is 1. The maximum absolute atomic E-state index is 12.0. The number of benzene rings is 1. The van der Waals surface area contributed by atoms with E-state index in [0.29, 0.717) is 22.4 Å². The Balaban J connectivity index is 1.92. The molecule has 1 unspecified atom stereocenters. The van der Waals surface area contributed by atoms with Crippen LogP contribution in [-0.2, 0) is 11.2 Å². The van der Waals surface area contributed by atoms with Crippen LogP contribution < -0.4 is 5.32 Å². The molecule has 1 amide bonds. The Morgan fingerprint density at radius 1 is 1.42 bits per heavy atom. The molecule has 104 valence electrons. The Morgan fingerprint density at radius 3 is 2.74 bits per heavy atom. The van der Waals surface area contributed by atoms with E-state index in [4.69, 9.17) is 28.3 Å². The zero-order chi connectivity index (χ0) is 13.8. The number of hydrogen-bond donors (Lipinski definition) is 2. The molecule has 0 heterocycles. The Morgan fingerprint density at radius 2 is 2.16 bits per heavy atom. The van der Waals surface area contributed by atoms with E-state index in [0.717, 1.165) is 18.4 Å². The summed E-state index contributed by atoms with van der Waals surface area (Å²) in [5.41, 5.74) is 0.766. The molecule has 2 rings (SSSR count). The maximum atomic E-state index is 12.0. The second-order valence-electron chi connectivity index (χ2n) is 4.94. The van der Waals surface area contributed by atoms with E-state index < -0.39 is 0 Å². The van der Waals surface area contributed by atoms with Gasteiger partial charge < -0.3 is 10.4 Å². The van der Waals surface area contributed by atoms with E-state index in [1.54, 1.807) is 18.2 Å². The topological polar surface area (TPSA) is 49.3 Å². The lowest BCUT2D eigenvalue weighted by atomic mass is 10.1. The standard InChI is InChI=1S/C14H17Cl2NO2/c15-11-4-3-10(12(16)8-11)7-14(19)17-13(5-6-18)9-1-2-9/h3-4,8-9,13,18H,1-2,5-7H2,(H,17,19). The molecule has 0 bridgehead atoms. The van der Waals surface area contributed by atoms with Crippen molar-refractivity contribution in [2.45, 2.75) is 31.7 Å². The van der Waals surface area contributed by atoms with Crippen molar-refractivity contribution in [3.8, 4) is 0 Å². The van der Waals surface area contributed by atoms with Crippen LogP contribution in [0.25, 0.3) is 0 Å². The minimum Gasteiger partial charge on any atom is -0.396 e. The van der Waals surface area contributed by atoms with E-state index in [1.807, 2.05) is 0 Å². The Hall–Kier alpha value is -0.770. The summed E-state index contributed by atoms with van der Waals surface area (Å²) in [4.78, 5) is 12.0. The molecule has 2 N–H and O–H groups in total. The number of carbonyl (C=O) groups is 1. The highest BCUT2D eigenvalue weighted by molar-refractivity contribution is 6.35. The minimum atomic E-state index is -0.0606. The Kier molecular flexibility index (Phi) is 5.08. The molecular formula is C14H17Cl2NO2. The molecule has 0 aromatic heterocycles. The minimum absolute atomic E-state index is 0.0606. The predicted octanol–water partition coefficient (Wildman–Crippen LogP) is 2.81. The smallest absolute Gasteiger partial charge is 0.224 e. The van der Waals surface area contributed by atoms with Crippen molar-refractivity contribution in [3.05, 3.63) is 33.8 Å². The summed E-state index contributed by atoms with van der Waals surface area (Å²) in [5.74, 6) is 0.464. The highest BCUT2D eigenvalue weighted by Gasteiger charge is 2.31. The van der Waals surface area contributed by atoms with E-state index in [1.165, 1.54) is 0 Å². The molecule has 0 saturated heterocycles. The van der Waals surface area contributed by atoms with Crippen molar-refractivity contribution in [2.24, 2.45) is 5.92 Å². The van der Waals surface area contributed by atoms with Crippen LogP contribution in [0.4, 0.5) is 0 Å². The van der Waals surface area contributed by atoms with Crippen LogP contribution in [0.15, 0.2) is 18.2 Å². The molecule has 1 fully saturated rings. The maximum Gasteiger partial charge on any atom is 0.224 e. The molecule has 5 heteroatoms. The summed E-state index contributed by atoms with van der Waals surface area (Å²) in [6.07, 6.45) is 3.12. The van der Waals surface area contributed by atoms with Gasteiger partial charge in [-0.05, 0) is 42.9 Å². The average molecular weight is 302 g/mol. The van der Waals surface area contributed by atoms with Gasteiger partial charge in [0.25, 0.3) is 0 Å². The fourth-order valence-electron chi connectivity index (χ4n) is 2.16. The third kappa shape index (κ3) is 4.37. The second kappa shape index (κ2) is 6.60. The molecule has 0 aliphatic heterocycles. The third-order valence-electron chi connectivity index (χ3n) is 3.34. The molecular weight excluding hydrogens is 285 g/mol. The highest BCUT2D eigenvalue weighted by Crippen LogP contribution is 2.34. The van der Waals surface area contributed by atoms with Crippen LogP contribution in [0.5, 0.6) is 0 Å². The van der Waals surface area contributed by atoms with Crippen molar-refractivity contribution in [1.82, 2.24) is 5.32 Å². The number of rotatable bonds is 6. The fourth-order valence-corrected chi connectivity index (χ4v) is 2.63. The summed E-state index contributed by atoms with van der Waals surface area (Å²) in [5, 5.41) is 13.1. The molecule has 19 heavy (non-hydrogen) atoms. The largest absolute Gasteiger partial charge is 0.396 e. The van der Waals surface area contributed by atoms with Gasteiger partial charge >= 0.3 is 0 Å². The van der Waals surface area contributed by atoms with Gasteiger partial charge in [-0.3, -0.25) is 4.79 Å². The molecule has 0 radical (unpaired) electrons. The lowest BCUT2D eigenvalue weighted by Crippen LogP contribution is -2.38. The van der Waals surface area contributed by atoms with Crippen molar-refractivity contribution in [1.29, 1.82) is 0 Å². The first-order valence-electron chi connectivity index (χ1n) is 6.44. The Labute approximate surface area is 122 Å². The first kappa shape index (κ1) is 14.6. The van der Waals surface area contributed by atoms with E-state index >= 15 is 0 Å². The van der Waals surface area contributed by atoms with Gasteiger partial charge in [0, 0.05) is 22.7 Å². The summed E-state index contributed by atoms with van der Waals surface area (Å²) < 4.78 is 0. The van der Waals surface area contributed by atoms with Crippen LogP contribution in [0.1, 0.15) is 24.8 Å². The molecule has 1 aliphatic rings. The summed E-state index contributed by atoms with van der Waals surface area (Å²) in [7, 11) is 0. The van der Waals surface area contributed by atoms with Gasteiger partial charge in [0.1, 0.15) is 0 Å². The summed E-state index contributed by atoms with van der Waals surface area (Å²) in [6, 6.07) is 5.21. The van der Waals surface area contributed by atoms with Crippen molar-refractivity contribution in [2.75, 3.05) is 6.61 Å². The van der Waals surface area contributed by atoms with E-state index in [2.05, 4.69) is 5.32 Å². The molecule has 1 atom stereocenters. The van der Waals surface area contributed by atoms with Crippen LogP contribution in [0, 0.1) is 5.92 Å². The van der Waals surface area contributed by atoms with Crippen LogP contribution in [0.2, 0.25) is 10.0 Å². The SMILES string of the molecule is O=C(Cc1ccc(Cl)cc1Cl)NC(CCO)C1CC1. The van der Waals surface area contributed by atoms with Crippen molar-refractivity contribution in [3.63, 3.8) is 0 Å². The number of carbonyl (C=O) groups excluding carboxylic acids is 1. The van der Waals surface area contributed by atoms with Crippen LogP contribution >= 0.6 is 23.2 Å². The van der Waals surface area contributed by atoms with E-state index in [-0.39, 0.29) is 25.0 Å². The number of nitrogens with one attached hydrogen (secondary N) is 1. The molecule has 0 spiro atoms. The van der Waals surface area contributed by atoms with Gasteiger partial charge in [0.2, 0.25) is 5.91 Å². The van der Waals surface area contributed by atoms with Gasteiger partial charge in [-0.25, -0.2) is 0 Å². The molecule has 1 aromatic rings. The first-order valence-corrected chi connectivity index (χ1v) is 7.20. The zero-order valence-corrected chi connectivity index (χ0v) is 12.0. The van der Waals surface area contributed by atoms with Crippen LogP contribution in [-0.4, -0.2) is 23.7 Å². The number of aliphatic hydroxyl groups excluding tert-OH is 1. The number of halogens is 2. The normalized spacial score (nSPS) is 16.2. The van der Waals surface area contributed by atoms with Gasteiger partial charge in [-0.1, -0.05) is 29.3 Å². The summed E-state index contributed by atoms with van der Waals surface area (Å²) >= 11 is 11.9. The third-order valence-corrected chi connectivity index (χ3v) is 3.93. The zero-order valence-electron chi connectivity index (χ0n) is 10.5. The van der Waals surface area contributed by atoms with Gasteiger partial charge in [-0.15, -0.1) is 0 Å². The molecule has 1 saturated carbocycles. The lowest BCUT2D eigenvalue weighted by Gasteiger charge is -2.17. The van der Waals surface area contributed by atoms with Crippen molar-refractivity contribution >= 4 is 29.1 Å². The summed E-state index contributed by atoms with van der Waals surface area (Å²) in [6.45, 7) is 0.100. The fraction of sp³-hybridized carbons (Fsp3) is 0.500. The Bertz CT molecular complexity index is 461. The van der Waals surface area contributed by atoms with Crippen molar-refractivity contribution < 1.29 is 9.90 Å². The van der Waals surface area contributed by atoms with Gasteiger partial charge in [0.05, 0.1) is 6.42 Å². The first-order chi connectivity index (χ1) is 9.10. The monoisotopic (exact) mass is 301 g/mol. The molecule has 1 aliphatic carbocycles. The van der Waals surface area contributed by atoms with Gasteiger partial charge in [-0.2, -0.15) is 0 Å². The highest BCUT2D eigenvalue weighted by atomic mass is 35.5. The molecule has 1 aromatic carbocycles. The second-order valence-corrected chi connectivity index (χ2v) is 5.78. The van der Waals surface area contributed by atoms with E-state index in [9.17, 15) is 4.79 Å². The lowest BCUT2D eigenvalue weighted by molar-refractivity contribution is -0.121.